The normalized spacial score (nSPS) is 15.4. The molecular formula is C34H45N4O3Si+. The first-order valence-corrected chi connectivity index (χ1v) is 17.5. The van der Waals surface area contributed by atoms with Crippen molar-refractivity contribution in [2.75, 3.05) is 46.2 Å². The van der Waals surface area contributed by atoms with Gasteiger partial charge in [0.15, 0.2) is 5.71 Å². The predicted molar refractivity (Wildman–Crippen MR) is 176 cm³/mol. The number of rotatable bonds is 6. The number of aryl methyl sites for hydroxylation is 1. The van der Waals surface area contributed by atoms with Gasteiger partial charge in [0, 0.05) is 50.6 Å². The van der Waals surface area contributed by atoms with Crippen molar-refractivity contribution in [2.24, 2.45) is 0 Å². The first-order valence-electron chi connectivity index (χ1n) is 14.5. The van der Waals surface area contributed by atoms with Crippen LogP contribution in [0.1, 0.15) is 47.8 Å². The summed E-state index contributed by atoms with van der Waals surface area (Å²) in [5, 5.41) is 8.42. The Bertz CT molecular complexity index is 1550. The number of benzene rings is 2. The maximum atomic E-state index is 13.0. The second-order valence-corrected chi connectivity index (χ2v) is 17.3. The number of nitrogens with zero attached hydrogens (tertiary/aromatic N) is 2. The third kappa shape index (κ3) is 6.44. The molecule has 1 aliphatic heterocycles. The number of nitrogens with one attached hydrogen (secondary N) is 2. The highest BCUT2D eigenvalue weighted by molar-refractivity contribution is 6.98. The van der Waals surface area contributed by atoms with Crippen molar-refractivity contribution in [1.29, 1.82) is 0 Å². The van der Waals surface area contributed by atoms with Gasteiger partial charge in [0.05, 0.1) is 0 Å². The Hall–Kier alpha value is -3.91. The number of carbonyl (C=O) groups is 2. The molecule has 0 aromatic heterocycles. The lowest BCUT2D eigenvalue weighted by molar-refractivity contribution is -0.462. The molecule has 0 radical (unpaired) electrons. The Balaban J connectivity index is 1.68. The molecule has 0 bridgehead atoms. The maximum absolute atomic E-state index is 13.0. The number of fused-ring (bicyclic) bond motifs is 2. The maximum Gasteiger partial charge on any atom is 0.407 e. The van der Waals surface area contributed by atoms with Gasteiger partial charge in [0.25, 0.3) is 5.91 Å². The Morgan fingerprint density at radius 2 is 1.62 bits per heavy atom. The van der Waals surface area contributed by atoms with Crippen LogP contribution in [-0.4, -0.2) is 77.2 Å². The van der Waals surface area contributed by atoms with Gasteiger partial charge in [0.2, 0.25) is 0 Å². The molecule has 8 heteroatoms. The molecule has 2 aromatic carbocycles. The topological polar surface area (TPSA) is 73.7 Å². The first kappa shape index (κ1) is 31.0. The largest absolute Gasteiger partial charge is 0.444 e. The fourth-order valence-corrected chi connectivity index (χ4v) is 8.58. The van der Waals surface area contributed by atoms with Gasteiger partial charge < -0.3 is 20.3 Å². The number of hydrogen-bond donors (Lipinski definition) is 2. The number of hydrogen-bond acceptors (Lipinski definition) is 4. The minimum atomic E-state index is -2.02. The zero-order chi connectivity index (χ0) is 31.0. The van der Waals surface area contributed by atoms with Crippen LogP contribution in [0.2, 0.25) is 13.1 Å². The average molecular weight is 586 g/mol. The molecule has 0 atom stereocenters. The van der Waals surface area contributed by atoms with Crippen LogP contribution < -0.4 is 20.7 Å². The van der Waals surface area contributed by atoms with E-state index in [1.54, 1.807) is 0 Å². The van der Waals surface area contributed by atoms with Crippen molar-refractivity contribution in [3.8, 4) is 0 Å². The summed E-state index contributed by atoms with van der Waals surface area (Å²) >= 11 is 0. The molecule has 4 rings (SSSR count). The number of ether oxygens (including phenoxy) is 1. The molecule has 1 aliphatic carbocycles. The van der Waals surface area contributed by atoms with Crippen LogP contribution in [0.5, 0.6) is 0 Å². The summed E-state index contributed by atoms with van der Waals surface area (Å²) in [7, 11) is 6.32. The average Bonchev–Trinajstić information content (AvgIpc) is 2.90. The van der Waals surface area contributed by atoms with E-state index in [9.17, 15) is 9.59 Å². The van der Waals surface area contributed by atoms with Crippen LogP contribution in [0.3, 0.4) is 0 Å². The highest BCUT2D eigenvalue weighted by Gasteiger charge is 2.40. The van der Waals surface area contributed by atoms with Crippen LogP contribution in [0.4, 0.5) is 10.5 Å². The molecule has 2 amide bonds. The summed E-state index contributed by atoms with van der Waals surface area (Å²) in [5.41, 5.74) is 8.35. The van der Waals surface area contributed by atoms with E-state index < -0.39 is 19.8 Å². The van der Waals surface area contributed by atoms with Gasteiger partial charge in [-0.3, -0.25) is 4.79 Å². The van der Waals surface area contributed by atoms with Crippen molar-refractivity contribution in [1.82, 2.24) is 10.6 Å². The van der Waals surface area contributed by atoms with Gasteiger partial charge in [-0.15, -0.1) is 0 Å². The number of carbonyl (C=O) groups excluding carboxylic acids is 2. The van der Waals surface area contributed by atoms with Crippen LogP contribution in [-0.2, 0) is 4.74 Å². The molecule has 1 heterocycles. The Morgan fingerprint density at radius 1 is 0.952 bits per heavy atom. The molecule has 2 N–H and O–H groups in total. The summed E-state index contributed by atoms with van der Waals surface area (Å²) in [5.74, 6) is -0.176. The highest BCUT2D eigenvalue weighted by atomic mass is 28.3. The van der Waals surface area contributed by atoms with E-state index in [0.29, 0.717) is 12.1 Å². The van der Waals surface area contributed by atoms with Crippen LogP contribution in [0.15, 0.2) is 65.4 Å². The zero-order valence-electron chi connectivity index (χ0n) is 26.7. The van der Waals surface area contributed by atoms with Gasteiger partial charge in [-0.25, -0.2) is 9.37 Å². The molecular weight excluding hydrogens is 540 g/mol. The Labute approximate surface area is 251 Å². The van der Waals surface area contributed by atoms with Gasteiger partial charge in [-0.2, -0.15) is 0 Å². The quantitative estimate of drug-likeness (QED) is 0.290. The lowest BCUT2D eigenvalue weighted by Crippen LogP contribution is -2.49. The minimum absolute atomic E-state index is 0.176. The summed E-state index contributed by atoms with van der Waals surface area (Å²) in [6.07, 6.45) is 6.35. The van der Waals surface area contributed by atoms with Gasteiger partial charge >= 0.3 is 6.09 Å². The monoisotopic (exact) mass is 585 g/mol. The lowest BCUT2D eigenvalue weighted by Gasteiger charge is -2.38. The number of anilines is 1. The van der Waals surface area contributed by atoms with E-state index in [-0.39, 0.29) is 12.5 Å². The minimum Gasteiger partial charge on any atom is -0.444 e. The summed E-state index contributed by atoms with van der Waals surface area (Å²) < 4.78 is 7.41. The second kappa shape index (κ2) is 11.8. The zero-order valence-corrected chi connectivity index (χ0v) is 27.7. The fraction of sp³-hybridized carbons (Fsp3) is 0.382. The fourth-order valence-electron chi connectivity index (χ4n) is 5.51. The molecule has 0 saturated heterocycles. The smallest absolute Gasteiger partial charge is 0.407 e. The molecule has 0 unspecified atom stereocenters. The SMILES string of the molecule is Cc1cc(C(=O)NCCNC(=O)OC(C)(C)C)ccc1C1=C2C=CC(=[N+](C)C)C=C2[Si](C)(C)c2cc(N(C)C)ccc21. The molecule has 0 spiro atoms. The Kier molecular flexibility index (Phi) is 8.69. The van der Waals surface area contributed by atoms with Gasteiger partial charge in [-0.1, -0.05) is 25.2 Å². The van der Waals surface area contributed by atoms with E-state index in [2.05, 4.69) is 111 Å². The summed E-state index contributed by atoms with van der Waals surface area (Å²) in [6, 6.07) is 12.8. The summed E-state index contributed by atoms with van der Waals surface area (Å²) in [4.78, 5) is 27.0. The van der Waals surface area contributed by atoms with Crippen molar-refractivity contribution in [3.63, 3.8) is 0 Å². The first-order chi connectivity index (χ1) is 19.6. The highest BCUT2D eigenvalue weighted by Crippen LogP contribution is 2.42. The van der Waals surface area contributed by atoms with E-state index >= 15 is 0 Å². The van der Waals surface area contributed by atoms with Crippen molar-refractivity contribution in [3.05, 3.63) is 87.6 Å². The Morgan fingerprint density at radius 3 is 2.24 bits per heavy atom. The third-order valence-electron chi connectivity index (χ3n) is 7.76. The van der Waals surface area contributed by atoms with Crippen molar-refractivity contribution in [2.45, 2.75) is 46.4 Å². The number of alkyl carbamates (subject to hydrolysis) is 1. The number of amides is 2. The van der Waals surface area contributed by atoms with Gasteiger partial charge in [0.1, 0.15) is 27.8 Å². The molecule has 42 heavy (non-hydrogen) atoms. The van der Waals surface area contributed by atoms with E-state index in [4.69, 9.17) is 4.74 Å². The molecule has 0 fully saturated rings. The molecule has 2 aliphatic rings. The third-order valence-corrected chi connectivity index (χ3v) is 11.3. The molecule has 0 saturated carbocycles. The second-order valence-electron chi connectivity index (χ2n) is 13.0. The number of allylic oxidation sites excluding steroid dienone is 5. The molecule has 7 nitrogen and oxygen atoms in total. The van der Waals surface area contributed by atoms with E-state index in [1.165, 1.54) is 38.5 Å². The standard InChI is InChI=1S/C34H44N4O3Si/c1-22-19-23(32(39)35-17-18-36-33(40)41-34(2,3)4)11-14-26(22)31-27-15-12-24(37(5)6)20-29(27)42(9,10)30-21-25(38(7)8)13-16-28(30)31/h11-16,19-21H,17-18H2,1-10H3,(H-,35,36,39,40)/p+1. The summed E-state index contributed by atoms with van der Waals surface area (Å²) in [6.45, 7) is 13.0. The van der Waals surface area contributed by atoms with Gasteiger partial charge in [-0.05, 0) is 96.3 Å². The van der Waals surface area contributed by atoms with Crippen LogP contribution in [0.25, 0.3) is 5.57 Å². The predicted octanol–water partition coefficient (Wildman–Crippen LogP) is 4.79. The molecule has 2 aromatic rings. The van der Waals surface area contributed by atoms with Crippen molar-refractivity contribution >= 4 is 42.2 Å². The lowest BCUT2D eigenvalue weighted by atomic mass is 9.87. The molecule has 222 valence electrons. The van der Waals surface area contributed by atoms with E-state index in [0.717, 1.165) is 11.1 Å². The van der Waals surface area contributed by atoms with Crippen molar-refractivity contribution < 1.29 is 18.9 Å². The van der Waals surface area contributed by atoms with E-state index in [1.807, 2.05) is 32.9 Å². The van der Waals surface area contributed by atoms with Crippen LogP contribution in [0, 0.1) is 6.92 Å². The van der Waals surface area contributed by atoms with Crippen LogP contribution >= 0.6 is 0 Å².